The molecule has 160 valence electrons. The number of carbonyl (C=O) groups is 2. The number of anilines is 2. The van der Waals surface area contributed by atoms with Gasteiger partial charge >= 0.3 is 0 Å². The average molecular weight is 411 g/mol. The SMILES string of the molecule is CCCCC(NC(=O)c1ccn(C)c(=O)c1)C(=O)Nc1cccc(N2CCCC2)c1. The van der Waals surface area contributed by atoms with Crippen molar-refractivity contribution in [2.75, 3.05) is 23.3 Å². The molecule has 0 spiro atoms. The van der Waals surface area contributed by atoms with Gasteiger partial charge in [0.25, 0.3) is 11.5 Å². The third kappa shape index (κ3) is 5.49. The minimum absolute atomic E-state index is 0.251. The van der Waals surface area contributed by atoms with Crippen LogP contribution in [0.3, 0.4) is 0 Å². The maximum atomic E-state index is 12.9. The Morgan fingerprint density at radius 3 is 2.60 bits per heavy atom. The first-order valence-corrected chi connectivity index (χ1v) is 10.6. The van der Waals surface area contributed by atoms with Gasteiger partial charge in [0.15, 0.2) is 0 Å². The van der Waals surface area contributed by atoms with Crippen molar-refractivity contribution in [3.05, 3.63) is 58.5 Å². The number of hydrogen-bond donors (Lipinski definition) is 2. The van der Waals surface area contributed by atoms with Crippen LogP contribution >= 0.6 is 0 Å². The second-order valence-electron chi connectivity index (χ2n) is 7.77. The monoisotopic (exact) mass is 410 g/mol. The first-order valence-electron chi connectivity index (χ1n) is 10.6. The molecule has 1 aromatic carbocycles. The summed E-state index contributed by atoms with van der Waals surface area (Å²) in [5.74, 6) is -0.672. The van der Waals surface area contributed by atoms with Crippen LogP contribution in [-0.4, -0.2) is 35.5 Å². The fraction of sp³-hybridized carbons (Fsp3) is 0.435. The van der Waals surface area contributed by atoms with E-state index in [4.69, 9.17) is 0 Å². The van der Waals surface area contributed by atoms with Gasteiger partial charge < -0.3 is 20.1 Å². The lowest BCUT2D eigenvalue weighted by atomic mass is 10.1. The molecular formula is C23H30N4O3. The third-order valence-corrected chi connectivity index (χ3v) is 5.42. The summed E-state index contributed by atoms with van der Waals surface area (Å²) < 4.78 is 1.39. The predicted octanol–water partition coefficient (Wildman–Crippen LogP) is 2.91. The molecule has 1 unspecified atom stereocenters. The van der Waals surface area contributed by atoms with Gasteiger partial charge in [-0.25, -0.2) is 0 Å². The molecule has 2 amide bonds. The number of unbranched alkanes of at least 4 members (excludes halogenated alkanes) is 1. The molecule has 0 radical (unpaired) electrons. The van der Waals surface area contributed by atoms with E-state index >= 15 is 0 Å². The van der Waals surface area contributed by atoms with Crippen molar-refractivity contribution in [3.63, 3.8) is 0 Å². The maximum Gasteiger partial charge on any atom is 0.252 e. The molecule has 1 aliphatic rings. The van der Waals surface area contributed by atoms with Crippen molar-refractivity contribution in [2.45, 2.75) is 45.1 Å². The Kier molecular flexibility index (Phi) is 7.27. The lowest BCUT2D eigenvalue weighted by Crippen LogP contribution is -2.44. The van der Waals surface area contributed by atoms with Gasteiger partial charge in [-0.05, 0) is 43.5 Å². The van der Waals surface area contributed by atoms with Crippen LogP contribution in [0.5, 0.6) is 0 Å². The Morgan fingerprint density at radius 2 is 1.90 bits per heavy atom. The highest BCUT2D eigenvalue weighted by molar-refractivity contribution is 6.01. The summed E-state index contributed by atoms with van der Waals surface area (Å²) in [6.45, 7) is 4.10. The summed E-state index contributed by atoms with van der Waals surface area (Å²) in [5.41, 5.74) is 1.80. The third-order valence-electron chi connectivity index (χ3n) is 5.42. The number of hydrogen-bond acceptors (Lipinski definition) is 4. The van der Waals surface area contributed by atoms with Crippen molar-refractivity contribution in [1.82, 2.24) is 9.88 Å². The molecule has 1 saturated heterocycles. The van der Waals surface area contributed by atoms with Crippen LogP contribution in [0.15, 0.2) is 47.4 Å². The van der Waals surface area contributed by atoms with Crippen LogP contribution < -0.4 is 21.1 Å². The molecule has 7 nitrogen and oxygen atoms in total. The molecule has 0 aliphatic carbocycles. The highest BCUT2D eigenvalue weighted by Crippen LogP contribution is 2.23. The Morgan fingerprint density at radius 1 is 1.13 bits per heavy atom. The molecule has 2 heterocycles. The lowest BCUT2D eigenvalue weighted by molar-refractivity contribution is -0.118. The average Bonchev–Trinajstić information content (AvgIpc) is 3.28. The molecule has 2 aromatic rings. The van der Waals surface area contributed by atoms with Gasteiger partial charge in [-0.2, -0.15) is 0 Å². The van der Waals surface area contributed by atoms with Crippen LogP contribution in [0.4, 0.5) is 11.4 Å². The van der Waals surface area contributed by atoms with Gasteiger partial charge in [0.1, 0.15) is 6.04 Å². The largest absolute Gasteiger partial charge is 0.371 e. The highest BCUT2D eigenvalue weighted by atomic mass is 16.2. The molecule has 1 aliphatic heterocycles. The summed E-state index contributed by atoms with van der Waals surface area (Å²) in [6.07, 6.45) is 6.17. The van der Waals surface area contributed by atoms with E-state index in [1.807, 2.05) is 31.2 Å². The van der Waals surface area contributed by atoms with E-state index in [2.05, 4.69) is 15.5 Å². The first kappa shape index (κ1) is 21.6. The smallest absolute Gasteiger partial charge is 0.252 e. The summed E-state index contributed by atoms with van der Waals surface area (Å²) in [7, 11) is 1.62. The zero-order valence-electron chi connectivity index (χ0n) is 17.7. The Balaban J connectivity index is 1.70. The number of aryl methyl sites for hydroxylation is 1. The lowest BCUT2D eigenvalue weighted by Gasteiger charge is -2.21. The fourth-order valence-electron chi connectivity index (χ4n) is 3.59. The Labute approximate surface area is 177 Å². The van der Waals surface area contributed by atoms with Crippen LogP contribution in [-0.2, 0) is 11.8 Å². The van der Waals surface area contributed by atoms with Gasteiger partial charge in [-0.3, -0.25) is 14.4 Å². The molecule has 0 bridgehead atoms. The molecule has 1 atom stereocenters. The van der Waals surface area contributed by atoms with E-state index in [1.54, 1.807) is 19.3 Å². The predicted molar refractivity (Wildman–Crippen MR) is 119 cm³/mol. The Hall–Kier alpha value is -3.09. The van der Waals surface area contributed by atoms with Gasteiger partial charge in [-0.1, -0.05) is 25.8 Å². The number of benzene rings is 1. The van der Waals surface area contributed by atoms with E-state index in [-0.39, 0.29) is 17.0 Å². The molecule has 1 aromatic heterocycles. The van der Waals surface area contributed by atoms with Gasteiger partial charge in [0.05, 0.1) is 0 Å². The quantitative estimate of drug-likeness (QED) is 0.701. The standard InChI is InChI=1S/C23H30N4O3/c1-3-4-10-20(25-22(29)17-11-14-26(2)21(28)15-17)23(30)24-18-8-7-9-19(16-18)27-12-5-6-13-27/h7-9,11,14-16,20H,3-6,10,12-13H2,1-2H3,(H,24,30)(H,25,29). The fourth-order valence-corrected chi connectivity index (χ4v) is 3.59. The van der Waals surface area contributed by atoms with E-state index in [1.165, 1.54) is 23.5 Å². The highest BCUT2D eigenvalue weighted by Gasteiger charge is 2.22. The number of amides is 2. The van der Waals surface area contributed by atoms with Crippen LogP contribution in [0.25, 0.3) is 0 Å². The number of nitrogens with zero attached hydrogens (tertiary/aromatic N) is 2. The summed E-state index contributed by atoms with van der Waals surface area (Å²) in [5, 5.41) is 5.74. The summed E-state index contributed by atoms with van der Waals surface area (Å²) >= 11 is 0. The molecular weight excluding hydrogens is 380 g/mol. The topological polar surface area (TPSA) is 83.4 Å². The normalized spacial score (nSPS) is 14.4. The van der Waals surface area contributed by atoms with E-state index < -0.39 is 11.9 Å². The molecule has 0 saturated carbocycles. The molecule has 1 fully saturated rings. The second-order valence-corrected chi connectivity index (χ2v) is 7.77. The van der Waals surface area contributed by atoms with Crippen molar-refractivity contribution in [2.24, 2.45) is 7.05 Å². The zero-order valence-corrected chi connectivity index (χ0v) is 17.7. The van der Waals surface area contributed by atoms with Crippen molar-refractivity contribution >= 4 is 23.2 Å². The summed E-state index contributed by atoms with van der Waals surface area (Å²) in [4.78, 5) is 39.7. The number of rotatable bonds is 8. The minimum atomic E-state index is -0.669. The van der Waals surface area contributed by atoms with Crippen molar-refractivity contribution in [3.8, 4) is 0 Å². The summed E-state index contributed by atoms with van der Waals surface area (Å²) in [6, 6.07) is 10.0. The van der Waals surface area contributed by atoms with Gasteiger partial charge in [0.2, 0.25) is 5.91 Å². The molecule has 2 N–H and O–H groups in total. The molecule has 3 rings (SSSR count). The van der Waals surface area contributed by atoms with Crippen molar-refractivity contribution < 1.29 is 9.59 Å². The maximum absolute atomic E-state index is 12.9. The van der Waals surface area contributed by atoms with Crippen LogP contribution in [0, 0.1) is 0 Å². The molecule has 30 heavy (non-hydrogen) atoms. The number of carbonyl (C=O) groups excluding carboxylic acids is 2. The zero-order chi connectivity index (χ0) is 21.5. The van der Waals surface area contributed by atoms with Gasteiger partial charge in [-0.15, -0.1) is 0 Å². The first-order chi connectivity index (χ1) is 14.5. The number of nitrogens with one attached hydrogen (secondary N) is 2. The minimum Gasteiger partial charge on any atom is -0.371 e. The van der Waals surface area contributed by atoms with Crippen LogP contribution in [0.2, 0.25) is 0 Å². The Bertz CT molecular complexity index is 947. The number of aromatic nitrogens is 1. The van der Waals surface area contributed by atoms with E-state index in [0.717, 1.165) is 31.6 Å². The second kappa shape index (κ2) is 10.1. The molecule has 7 heteroatoms. The van der Waals surface area contributed by atoms with Crippen molar-refractivity contribution in [1.29, 1.82) is 0 Å². The van der Waals surface area contributed by atoms with Crippen LogP contribution in [0.1, 0.15) is 49.4 Å². The van der Waals surface area contributed by atoms with E-state index in [9.17, 15) is 14.4 Å². The van der Waals surface area contributed by atoms with Gasteiger partial charge in [0, 0.05) is 49.3 Å². The van der Waals surface area contributed by atoms with E-state index in [0.29, 0.717) is 12.1 Å². The number of pyridine rings is 1.